The van der Waals surface area contributed by atoms with E-state index in [4.69, 9.17) is 11.6 Å². The molecular weight excluding hydrogens is 227 g/mol. The number of nitrogens with one attached hydrogen (secondary N) is 1. The molecule has 2 rings (SSSR count). The summed E-state index contributed by atoms with van der Waals surface area (Å²) in [6.45, 7) is 3.01. The Balaban J connectivity index is 1.99. The quantitative estimate of drug-likeness (QED) is 0.871. The number of pyridine rings is 1. The van der Waals surface area contributed by atoms with E-state index in [2.05, 4.69) is 17.2 Å². The topological polar surface area (TPSA) is 24.9 Å². The maximum absolute atomic E-state index is 13.4. The van der Waals surface area contributed by atoms with Crippen LogP contribution in [0.25, 0.3) is 0 Å². The Hall–Kier alpha value is -0.830. The summed E-state index contributed by atoms with van der Waals surface area (Å²) in [5.41, 5.74) is 0.285. The largest absolute Gasteiger partial charge is 0.367 e. The van der Waals surface area contributed by atoms with Crippen molar-refractivity contribution in [1.82, 2.24) is 4.98 Å². The van der Waals surface area contributed by atoms with Gasteiger partial charge in [-0.15, -0.1) is 0 Å². The molecule has 1 N–H and O–H groups in total. The number of hydrogen-bond donors (Lipinski definition) is 1. The third-order valence-electron chi connectivity index (χ3n) is 3.30. The van der Waals surface area contributed by atoms with Gasteiger partial charge in [0.2, 0.25) is 0 Å². The molecule has 0 unspecified atom stereocenters. The first-order chi connectivity index (χ1) is 7.59. The van der Waals surface area contributed by atoms with Crippen LogP contribution in [-0.2, 0) is 0 Å². The lowest BCUT2D eigenvalue weighted by atomic mass is 9.89. The summed E-state index contributed by atoms with van der Waals surface area (Å²) in [4.78, 5) is 3.95. The molecule has 1 aliphatic carbocycles. The lowest BCUT2D eigenvalue weighted by Gasteiger charge is -2.24. The highest BCUT2D eigenvalue weighted by molar-refractivity contribution is 6.30. The fourth-order valence-corrected chi connectivity index (χ4v) is 2.39. The number of aromatic nitrogens is 1. The van der Waals surface area contributed by atoms with E-state index < -0.39 is 0 Å². The molecule has 0 amide bonds. The van der Waals surface area contributed by atoms with Crippen LogP contribution in [0.15, 0.2) is 12.3 Å². The minimum atomic E-state index is -0.380. The first-order valence-electron chi connectivity index (χ1n) is 5.64. The lowest BCUT2D eigenvalue weighted by Crippen LogP contribution is -2.23. The Morgan fingerprint density at radius 2 is 2.19 bits per heavy atom. The van der Waals surface area contributed by atoms with Gasteiger partial charge in [0.25, 0.3) is 0 Å². The third-order valence-corrected chi connectivity index (χ3v) is 3.51. The van der Waals surface area contributed by atoms with Crippen molar-refractivity contribution in [2.45, 2.75) is 32.6 Å². The van der Waals surface area contributed by atoms with E-state index in [0.29, 0.717) is 10.8 Å². The molecule has 16 heavy (non-hydrogen) atoms. The first-order valence-corrected chi connectivity index (χ1v) is 6.02. The monoisotopic (exact) mass is 242 g/mol. The van der Waals surface area contributed by atoms with Crippen LogP contribution in [0.3, 0.4) is 0 Å². The molecule has 1 saturated carbocycles. The summed E-state index contributed by atoms with van der Waals surface area (Å²) in [6.07, 6.45) is 6.41. The molecule has 0 aromatic carbocycles. The van der Waals surface area contributed by atoms with Crippen LogP contribution in [0.1, 0.15) is 32.6 Å². The van der Waals surface area contributed by atoms with Gasteiger partial charge in [0.15, 0.2) is 11.6 Å². The average Bonchev–Trinajstić information content (AvgIpc) is 2.64. The second-order valence-corrected chi connectivity index (χ2v) is 5.29. The number of nitrogens with zero attached hydrogens (tertiary/aromatic N) is 1. The van der Waals surface area contributed by atoms with Crippen LogP contribution in [0.4, 0.5) is 10.2 Å². The fraction of sp³-hybridized carbons (Fsp3) is 0.583. The summed E-state index contributed by atoms with van der Waals surface area (Å²) in [7, 11) is 0. The van der Waals surface area contributed by atoms with E-state index in [1.165, 1.54) is 37.9 Å². The van der Waals surface area contributed by atoms with Crippen molar-refractivity contribution < 1.29 is 4.39 Å². The summed E-state index contributed by atoms with van der Waals surface area (Å²) in [6, 6.07) is 1.29. The Labute approximate surface area is 100 Å². The van der Waals surface area contributed by atoms with Gasteiger partial charge in [-0.05, 0) is 24.3 Å². The highest BCUT2D eigenvalue weighted by Crippen LogP contribution is 2.37. The minimum absolute atomic E-state index is 0.285. The molecule has 88 valence electrons. The molecule has 1 aromatic heterocycles. The summed E-state index contributed by atoms with van der Waals surface area (Å²) < 4.78 is 13.4. The van der Waals surface area contributed by atoms with Crippen molar-refractivity contribution in [3.8, 4) is 0 Å². The van der Waals surface area contributed by atoms with Crippen LogP contribution in [0.2, 0.25) is 5.02 Å². The number of rotatable bonds is 3. The molecule has 1 heterocycles. The zero-order valence-corrected chi connectivity index (χ0v) is 10.1. The van der Waals surface area contributed by atoms with Gasteiger partial charge in [0.05, 0.1) is 5.02 Å². The van der Waals surface area contributed by atoms with E-state index in [1.54, 1.807) is 0 Å². The zero-order chi connectivity index (χ0) is 11.6. The minimum Gasteiger partial charge on any atom is -0.367 e. The van der Waals surface area contributed by atoms with Crippen molar-refractivity contribution in [2.24, 2.45) is 5.41 Å². The van der Waals surface area contributed by atoms with Crippen molar-refractivity contribution in [1.29, 1.82) is 0 Å². The molecule has 1 fully saturated rings. The maximum atomic E-state index is 13.4. The predicted molar refractivity (Wildman–Crippen MR) is 64.3 cm³/mol. The molecule has 0 bridgehead atoms. The Bertz CT molecular complexity index is 375. The Morgan fingerprint density at radius 3 is 2.81 bits per heavy atom. The third kappa shape index (κ3) is 2.64. The number of hydrogen-bond acceptors (Lipinski definition) is 2. The molecule has 1 aromatic rings. The molecule has 2 nitrogen and oxygen atoms in total. The number of halogens is 2. The second kappa shape index (κ2) is 4.58. The van der Waals surface area contributed by atoms with E-state index >= 15 is 0 Å². The predicted octanol–water partition coefficient (Wildman–Crippen LogP) is 3.87. The highest BCUT2D eigenvalue weighted by Gasteiger charge is 2.28. The van der Waals surface area contributed by atoms with E-state index in [0.717, 1.165) is 6.54 Å². The van der Waals surface area contributed by atoms with Gasteiger partial charge in [-0.2, -0.15) is 0 Å². The van der Waals surface area contributed by atoms with Crippen LogP contribution >= 0.6 is 11.6 Å². The van der Waals surface area contributed by atoms with E-state index in [9.17, 15) is 4.39 Å². The van der Waals surface area contributed by atoms with Crippen molar-refractivity contribution >= 4 is 17.4 Å². The SMILES string of the molecule is CC1(CNc2ncc(Cl)cc2F)CCCC1. The molecule has 0 atom stereocenters. The molecule has 0 aliphatic heterocycles. The van der Waals surface area contributed by atoms with Gasteiger partial charge in [0.1, 0.15) is 0 Å². The van der Waals surface area contributed by atoms with Gasteiger partial charge >= 0.3 is 0 Å². The first kappa shape index (κ1) is 11.6. The molecule has 0 spiro atoms. The molecular formula is C12H16ClFN2. The zero-order valence-electron chi connectivity index (χ0n) is 9.39. The normalized spacial score (nSPS) is 18.7. The van der Waals surface area contributed by atoms with Gasteiger partial charge < -0.3 is 5.32 Å². The highest BCUT2D eigenvalue weighted by atomic mass is 35.5. The van der Waals surface area contributed by atoms with Gasteiger partial charge in [0, 0.05) is 12.7 Å². The summed E-state index contributed by atoms with van der Waals surface area (Å²) >= 11 is 5.64. The van der Waals surface area contributed by atoms with Crippen molar-refractivity contribution in [3.05, 3.63) is 23.1 Å². The molecule has 1 aliphatic rings. The second-order valence-electron chi connectivity index (χ2n) is 4.86. The fourth-order valence-electron chi connectivity index (χ4n) is 2.25. The lowest BCUT2D eigenvalue weighted by molar-refractivity contribution is 0.361. The van der Waals surface area contributed by atoms with Crippen molar-refractivity contribution in [2.75, 3.05) is 11.9 Å². The standard InChI is InChI=1S/C12H16ClFN2/c1-12(4-2-3-5-12)8-16-11-10(14)6-9(13)7-15-11/h6-7H,2-5,8H2,1H3,(H,15,16). The Kier molecular flexibility index (Phi) is 3.33. The average molecular weight is 243 g/mol. The molecule has 0 saturated heterocycles. The Morgan fingerprint density at radius 1 is 1.50 bits per heavy atom. The van der Waals surface area contributed by atoms with Gasteiger partial charge in [-0.3, -0.25) is 0 Å². The molecule has 0 radical (unpaired) electrons. The molecule has 4 heteroatoms. The van der Waals surface area contributed by atoms with E-state index in [1.807, 2.05) is 0 Å². The van der Waals surface area contributed by atoms with Crippen LogP contribution in [0, 0.1) is 11.2 Å². The van der Waals surface area contributed by atoms with E-state index in [-0.39, 0.29) is 11.2 Å². The summed E-state index contributed by atoms with van der Waals surface area (Å²) in [5, 5.41) is 3.41. The van der Waals surface area contributed by atoms with Crippen molar-refractivity contribution in [3.63, 3.8) is 0 Å². The van der Waals surface area contributed by atoms with Crippen LogP contribution in [-0.4, -0.2) is 11.5 Å². The van der Waals surface area contributed by atoms with Crippen LogP contribution < -0.4 is 5.32 Å². The van der Waals surface area contributed by atoms with Gasteiger partial charge in [-0.25, -0.2) is 9.37 Å². The summed E-state index contributed by atoms with van der Waals surface area (Å²) in [5.74, 6) is -0.0772. The smallest absolute Gasteiger partial charge is 0.166 e. The number of anilines is 1. The van der Waals surface area contributed by atoms with Crippen LogP contribution in [0.5, 0.6) is 0 Å². The van der Waals surface area contributed by atoms with Gasteiger partial charge in [-0.1, -0.05) is 31.4 Å². The maximum Gasteiger partial charge on any atom is 0.166 e.